The predicted octanol–water partition coefficient (Wildman–Crippen LogP) is 4.20. The standard InChI is InChI=1S/C21H26F3N5O2.HI/c1-20(2,3)31-16-8-7-14(17(10-16)21(22,23)24)11-27-19(25-4)28-13-18(30)29-15-6-5-9-26-12-15;/h5-10,12H,11,13H2,1-4H3,(H,29,30)(H2,25,27,28);1H. The monoisotopic (exact) mass is 565 g/mol. The van der Waals surface area contributed by atoms with Crippen molar-refractivity contribution in [2.24, 2.45) is 4.99 Å². The number of aromatic nitrogens is 1. The molecule has 0 atom stereocenters. The predicted molar refractivity (Wildman–Crippen MR) is 128 cm³/mol. The summed E-state index contributed by atoms with van der Waals surface area (Å²) in [6.45, 7) is 5.01. The fraction of sp³-hybridized carbons (Fsp3) is 0.381. The van der Waals surface area contributed by atoms with Crippen LogP contribution in [-0.4, -0.2) is 36.0 Å². The van der Waals surface area contributed by atoms with Crippen LogP contribution in [0.2, 0.25) is 0 Å². The van der Waals surface area contributed by atoms with Gasteiger partial charge in [0.25, 0.3) is 0 Å². The van der Waals surface area contributed by atoms with Crippen molar-refractivity contribution in [3.8, 4) is 5.75 Å². The van der Waals surface area contributed by atoms with Crippen LogP contribution in [-0.2, 0) is 17.5 Å². The van der Waals surface area contributed by atoms with Crippen LogP contribution in [0.1, 0.15) is 31.9 Å². The number of ether oxygens (including phenoxy) is 1. The molecular formula is C21H27F3IN5O2. The number of aliphatic imine (C=N–C) groups is 1. The van der Waals surface area contributed by atoms with Gasteiger partial charge >= 0.3 is 6.18 Å². The molecule has 7 nitrogen and oxygen atoms in total. The molecule has 1 heterocycles. The number of hydrogen-bond acceptors (Lipinski definition) is 4. The van der Waals surface area contributed by atoms with Crippen LogP contribution in [0.15, 0.2) is 47.7 Å². The van der Waals surface area contributed by atoms with Crippen molar-refractivity contribution in [3.05, 3.63) is 53.9 Å². The molecule has 176 valence electrons. The van der Waals surface area contributed by atoms with E-state index in [0.29, 0.717) is 5.69 Å². The number of amides is 1. The molecule has 0 bridgehead atoms. The molecule has 0 fully saturated rings. The van der Waals surface area contributed by atoms with Gasteiger partial charge in [-0.15, -0.1) is 24.0 Å². The molecule has 1 amide bonds. The maximum absolute atomic E-state index is 13.5. The van der Waals surface area contributed by atoms with E-state index in [1.165, 1.54) is 25.4 Å². The highest BCUT2D eigenvalue weighted by molar-refractivity contribution is 14.0. The van der Waals surface area contributed by atoms with E-state index in [1.54, 1.807) is 39.1 Å². The first-order valence-electron chi connectivity index (χ1n) is 9.51. The Hall–Kier alpha value is -2.57. The number of guanidine groups is 1. The normalized spacial score (nSPS) is 11.9. The molecule has 0 saturated carbocycles. The molecule has 0 radical (unpaired) electrons. The number of benzene rings is 1. The molecule has 11 heteroatoms. The van der Waals surface area contributed by atoms with Gasteiger partial charge in [0.15, 0.2) is 5.96 Å². The van der Waals surface area contributed by atoms with Crippen molar-refractivity contribution in [2.75, 3.05) is 18.9 Å². The maximum Gasteiger partial charge on any atom is 0.416 e. The zero-order chi connectivity index (χ0) is 23.1. The van der Waals surface area contributed by atoms with Crippen LogP contribution in [0.3, 0.4) is 0 Å². The lowest BCUT2D eigenvalue weighted by Gasteiger charge is -2.23. The molecule has 1 aromatic carbocycles. The van der Waals surface area contributed by atoms with Gasteiger partial charge in [0.05, 0.1) is 24.0 Å². The first-order chi connectivity index (χ1) is 14.5. The topological polar surface area (TPSA) is 87.6 Å². The van der Waals surface area contributed by atoms with Crippen LogP contribution in [0, 0.1) is 0 Å². The van der Waals surface area contributed by atoms with E-state index in [0.717, 1.165) is 6.07 Å². The highest BCUT2D eigenvalue weighted by Crippen LogP contribution is 2.35. The first kappa shape index (κ1) is 27.5. The summed E-state index contributed by atoms with van der Waals surface area (Å²) in [5.41, 5.74) is -0.863. The van der Waals surface area contributed by atoms with E-state index >= 15 is 0 Å². The molecule has 3 N–H and O–H groups in total. The van der Waals surface area contributed by atoms with Crippen LogP contribution in [0.4, 0.5) is 18.9 Å². The molecule has 0 unspecified atom stereocenters. The third-order valence-corrected chi connectivity index (χ3v) is 3.84. The zero-order valence-corrected chi connectivity index (χ0v) is 20.5. The van der Waals surface area contributed by atoms with Crippen LogP contribution < -0.4 is 20.7 Å². The zero-order valence-electron chi connectivity index (χ0n) is 18.2. The summed E-state index contributed by atoms with van der Waals surface area (Å²) in [5, 5.41) is 8.19. The summed E-state index contributed by atoms with van der Waals surface area (Å²) in [7, 11) is 1.46. The second kappa shape index (κ2) is 11.9. The van der Waals surface area contributed by atoms with Crippen LogP contribution in [0.5, 0.6) is 5.75 Å². The smallest absolute Gasteiger partial charge is 0.416 e. The van der Waals surface area contributed by atoms with Crippen molar-refractivity contribution in [2.45, 2.75) is 39.1 Å². The molecule has 0 aliphatic heterocycles. The third kappa shape index (κ3) is 9.28. The van der Waals surface area contributed by atoms with Gasteiger partial charge in [-0.1, -0.05) is 6.07 Å². The largest absolute Gasteiger partial charge is 0.488 e. The Bertz CT molecular complexity index is 916. The van der Waals surface area contributed by atoms with Gasteiger partial charge in [0.1, 0.15) is 11.4 Å². The average Bonchev–Trinajstić information content (AvgIpc) is 2.67. The number of halogens is 4. The van der Waals surface area contributed by atoms with Gasteiger partial charge in [-0.05, 0) is 50.6 Å². The lowest BCUT2D eigenvalue weighted by molar-refractivity contribution is -0.138. The number of hydrogen-bond donors (Lipinski definition) is 3. The summed E-state index contributed by atoms with van der Waals surface area (Å²) in [5.74, 6) is -0.0294. The van der Waals surface area contributed by atoms with Gasteiger partial charge in [-0.3, -0.25) is 14.8 Å². The number of carbonyl (C=O) groups excluding carboxylic acids is 1. The second-order valence-electron chi connectivity index (χ2n) is 7.60. The van der Waals surface area contributed by atoms with Crippen molar-refractivity contribution in [3.63, 3.8) is 0 Å². The quantitative estimate of drug-likeness (QED) is 0.278. The van der Waals surface area contributed by atoms with Gasteiger partial charge in [0.2, 0.25) is 5.91 Å². The lowest BCUT2D eigenvalue weighted by atomic mass is 10.1. The minimum Gasteiger partial charge on any atom is -0.488 e. The number of alkyl halides is 3. The van der Waals surface area contributed by atoms with E-state index in [1.807, 2.05) is 0 Å². The van der Waals surface area contributed by atoms with Crippen molar-refractivity contribution >= 4 is 41.5 Å². The first-order valence-corrected chi connectivity index (χ1v) is 9.51. The second-order valence-corrected chi connectivity index (χ2v) is 7.60. The van der Waals surface area contributed by atoms with E-state index < -0.39 is 17.3 Å². The minimum atomic E-state index is -4.55. The number of rotatable bonds is 6. The summed E-state index contributed by atoms with van der Waals surface area (Å²) in [6.07, 6.45) is -1.47. The fourth-order valence-corrected chi connectivity index (χ4v) is 2.60. The van der Waals surface area contributed by atoms with Crippen LogP contribution in [0.25, 0.3) is 0 Å². The number of anilines is 1. The van der Waals surface area contributed by atoms with Crippen LogP contribution >= 0.6 is 24.0 Å². The van der Waals surface area contributed by atoms with E-state index in [2.05, 4.69) is 25.9 Å². The summed E-state index contributed by atoms with van der Waals surface area (Å²) in [6, 6.07) is 7.21. The van der Waals surface area contributed by atoms with Gasteiger partial charge in [-0.25, -0.2) is 0 Å². The molecule has 1 aromatic heterocycles. The number of carbonyl (C=O) groups is 1. The molecule has 2 aromatic rings. The summed E-state index contributed by atoms with van der Waals surface area (Å²) in [4.78, 5) is 19.8. The Morgan fingerprint density at radius 2 is 1.88 bits per heavy atom. The lowest BCUT2D eigenvalue weighted by Crippen LogP contribution is -2.41. The Morgan fingerprint density at radius 1 is 1.16 bits per heavy atom. The number of nitrogens with zero attached hydrogens (tertiary/aromatic N) is 2. The molecule has 0 aliphatic carbocycles. The Labute approximate surface area is 202 Å². The Balaban J connectivity index is 0.00000512. The average molecular weight is 565 g/mol. The van der Waals surface area contributed by atoms with Gasteiger partial charge in [0, 0.05) is 19.8 Å². The van der Waals surface area contributed by atoms with Gasteiger partial charge in [-0.2, -0.15) is 13.2 Å². The van der Waals surface area contributed by atoms with Crippen molar-refractivity contribution in [1.29, 1.82) is 0 Å². The molecular weight excluding hydrogens is 538 g/mol. The third-order valence-electron chi connectivity index (χ3n) is 3.84. The van der Waals surface area contributed by atoms with E-state index in [-0.39, 0.29) is 60.2 Å². The minimum absolute atomic E-state index is 0. The molecule has 0 aliphatic rings. The Kier molecular flexibility index (Phi) is 10.2. The number of nitrogens with one attached hydrogen (secondary N) is 3. The molecule has 0 saturated heterocycles. The summed E-state index contributed by atoms with van der Waals surface area (Å²) < 4.78 is 46.2. The molecule has 2 rings (SSSR count). The van der Waals surface area contributed by atoms with E-state index in [9.17, 15) is 18.0 Å². The van der Waals surface area contributed by atoms with Gasteiger partial charge < -0.3 is 20.7 Å². The fourth-order valence-electron chi connectivity index (χ4n) is 2.60. The Morgan fingerprint density at radius 3 is 2.44 bits per heavy atom. The SMILES string of the molecule is CN=C(NCC(=O)Nc1cccnc1)NCc1ccc(OC(C)(C)C)cc1C(F)(F)F.I. The highest BCUT2D eigenvalue weighted by Gasteiger charge is 2.34. The summed E-state index contributed by atoms with van der Waals surface area (Å²) >= 11 is 0. The van der Waals surface area contributed by atoms with Crippen molar-refractivity contribution in [1.82, 2.24) is 15.6 Å². The van der Waals surface area contributed by atoms with Crippen molar-refractivity contribution < 1.29 is 22.7 Å². The maximum atomic E-state index is 13.5. The van der Waals surface area contributed by atoms with E-state index in [4.69, 9.17) is 4.74 Å². The molecule has 0 spiro atoms. The number of pyridine rings is 1. The highest BCUT2D eigenvalue weighted by atomic mass is 127. The molecule has 32 heavy (non-hydrogen) atoms.